The van der Waals surface area contributed by atoms with Gasteiger partial charge in [-0.2, -0.15) is 4.98 Å². The van der Waals surface area contributed by atoms with E-state index >= 15 is 0 Å². The highest BCUT2D eigenvalue weighted by Crippen LogP contribution is 2.35. The van der Waals surface area contributed by atoms with Crippen molar-refractivity contribution in [2.45, 2.75) is 0 Å². The predicted octanol–water partition coefficient (Wildman–Crippen LogP) is 3.18. The van der Waals surface area contributed by atoms with Gasteiger partial charge in [-0.1, -0.05) is 5.16 Å². The fraction of sp³-hybridized carbons (Fsp3) is 0.0769. The van der Waals surface area contributed by atoms with Crippen LogP contribution in [0, 0.1) is 0 Å². The van der Waals surface area contributed by atoms with Crippen molar-refractivity contribution < 1.29 is 14.4 Å². The van der Waals surface area contributed by atoms with Gasteiger partial charge < -0.3 is 14.4 Å². The molecule has 0 unspecified atom stereocenters. The summed E-state index contributed by atoms with van der Waals surface area (Å²) in [6, 6.07) is 8.48. The first-order valence-corrected chi connectivity index (χ1v) is 6.41. The minimum absolute atomic E-state index is 0.201. The Morgan fingerprint density at radius 2 is 2.00 bits per heavy atom. The highest BCUT2D eigenvalue weighted by atomic mass is 32.1. The van der Waals surface area contributed by atoms with Crippen LogP contribution >= 0.6 is 11.3 Å². The molecule has 5 nitrogen and oxygen atoms in total. The molecule has 0 saturated carbocycles. The molecule has 0 aliphatic rings. The molecular weight excluding hydrogens is 264 g/mol. The molecule has 0 saturated heterocycles. The van der Waals surface area contributed by atoms with Crippen LogP contribution in [0.15, 0.2) is 40.2 Å². The highest BCUT2D eigenvalue weighted by molar-refractivity contribution is 7.13. The van der Waals surface area contributed by atoms with Gasteiger partial charge in [0.15, 0.2) is 0 Å². The van der Waals surface area contributed by atoms with Crippen molar-refractivity contribution in [2.24, 2.45) is 0 Å². The molecule has 96 valence electrons. The lowest BCUT2D eigenvalue weighted by Crippen LogP contribution is -1.83. The Balaban J connectivity index is 1.97. The third kappa shape index (κ3) is 2.17. The van der Waals surface area contributed by atoms with Crippen molar-refractivity contribution >= 4 is 11.3 Å². The Bertz CT molecular complexity index is 688. The molecule has 19 heavy (non-hydrogen) atoms. The molecule has 0 amide bonds. The van der Waals surface area contributed by atoms with Gasteiger partial charge in [-0.3, -0.25) is 0 Å². The molecule has 0 aliphatic heterocycles. The second-order valence-electron chi connectivity index (χ2n) is 3.79. The Labute approximate surface area is 113 Å². The average Bonchev–Trinajstić information content (AvgIpc) is 3.07. The summed E-state index contributed by atoms with van der Waals surface area (Å²) in [5.41, 5.74) is 0.781. The van der Waals surface area contributed by atoms with Crippen LogP contribution in [0.1, 0.15) is 0 Å². The minimum Gasteiger partial charge on any atom is -0.508 e. The number of benzene rings is 1. The molecule has 0 atom stereocenters. The van der Waals surface area contributed by atoms with Crippen LogP contribution in [0.4, 0.5) is 0 Å². The summed E-state index contributed by atoms with van der Waals surface area (Å²) in [5, 5.41) is 15.1. The quantitative estimate of drug-likeness (QED) is 0.794. The number of aromatic hydroxyl groups is 1. The van der Waals surface area contributed by atoms with Gasteiger partial charge in [-0.05, 0) is 35.7 Å². The van der Waals surface area contributed by atoms with Gasteiger partial charge in [0.05, 0.1) is 7.11 Å². The van der Waals surface area contributed by atoms with E-state index in [0.29, 0.717) is 17.5 Å². The van der Waals surface area contributed by atoms with E-state index in [2.05, 4.69) is 10.1 Å². The van der Waals surface area contributed by atoms with Gasteiger partial charge in [-0.25, -0.2) is 0 Å². The van der Waals surface area contributed by atoms with Crippen molar-refractivity contribution in [3.8, 4) is 33.7 Å². The van der Waals surface area contributed by atoms with Crippen LogP contribution in [-0.2, 0) is 0 Å². The normalized spacial score (nSPS) is 10.6. The Kier molecular flexibility index (Phi) is 2.92. The first-order chi connectivity index (χ1) is 9.28. The molecule has 0 fully saturated rings. The van der Waals surface area contributed by atoms with Crippen LogP contribution in [0.2, 0.25) is 0 Å². The lowest BCUT2D eigenvalue weighted by molar-refractivity contribution is 0.408. The molecule has 3 rings (SSSR count). The van der Waals surface area contributed by atoms with Crippen LogP contribution in [-0.4, -0.2) is 22.4 Å². The Hall–Kier alpha value is -2.34. The van der Waals surface area contributed by atoms with Crippen molar-refractivity contribution in [3.63, 3.8) is 0 Å². The van der Waals surface area contributed by atoms with E-state index in [1.165, 1.54) is 11.3 Å². The monoisotopic (exact) mass is 274 g/mol. The maximum atomic E-state index is 9.25. The lowest BCUT2D eigenvalue weighted by atomic mass is 10.2. The number of hydrogen-bond acceptors (Lipinski definition) is 6. The molecule has 1 aromatic carbocycles. The van der Waals surface area contributed by atoms with E-state index in [1.54, 1.807) is 31.4 Å². The standard InChI is InChI=1S/C13H10N2O3S/c1-17-10-6-7-19-11(10)13-14-12(15-18-13)8-2-4-9(16)5-3-8/h2-7,16H,1H3. The fourth-order valence-corrected chi connectivity index (χ4v) is 2.44. The number of ether oxygens (including phenoxy) is 1. The fourth-order valence-electron chi connectivity index (χ4n) is 1.66. The van der Waals surface area contributed by atoms with Gasteiger partial charge in [0, 0.05) is 5.56 Å². The third-order valence-electron chi connectivity index (χ3n) is 2.59. The average molecular weight is 274 g/mol. The first-order valence-electron chi connectivity index (χ1n) is 5.53. The maximum absolute atomic E-state index is 9.25. The molecule has 0 bridgehead atoms. The molecule has 0 aliphatic carbocycles. The summed E-state index contributed by atoms with van der Waals surface area (Å²) < 4.78 is 10.5. The van der Waals surface area contributed by atoms with Gasteiger partial charge >= 0.3 is 0 Å². The smallest absolute Gasteiger partial charge is 0.272 e. The first kappa shape index (κ1) is 11.7. The topological polar surface area (TPSA) is 68.4 Å². The number of nitrogens with zero attached hydrogens (tertiary/aromatic N) is 2. The molecule has 3 aromatic rings. The summed E-state index contributed by atoms with van der Waals surface area (Å²) in [5.74, 6) is 1.82. The summed E-state index contributed by atoms with van der Waals surface area (Å²) >= 11 is 1.48. The molecular formula is C13H10N2O3S. The number of aromatic nitrogens is 2. The number of methoxy groups -OCH3 is 1. The van der Waals surface area contributed by atoms with E-state index in [9.17, 15) is 5.11 Å². The second kappa shape index (κ2) is 4.74. The minimum atomic E-state index is 0.201. The van der Waals surface area contributed by atoms with Crippen molar-refractivity contribution in [3.05, 3.63) is 35.7 Å². The number of hydrogen-bond donors (Lipinski definition) is 1. The van der Waals surface area contributed by atoms with E-state index in [4.69, 9.17) is 9.26 Å². The molecule has 0 radical (unpaired) electrons. The SMILES string of the molecule is COc1ccsc1-c1nc(-c2ccc(O)cc2)no1. The summed E-state index contributed by atoms with van der Waals surface area (Å²) in [7, 11) is 1.60. The maximum Gasteiger partial charge on any atom is 0.272 e. The number of thiophene rings is 1. The molecule has 2 heterocycles. The van der Waals surface area contributed by atoms with Gasteiger partial charge in [-0.15, -0.1) is 11.3 Å². The predicted molar refractivity (Wildman–Crippen MR) is 71.3 cm³/mol. The van der Waals surface area contributed by atoms with Crippen LogP contribution in [0.25, 0.3) is 22.2 Å². The van der Waals surface area contributed by atoms with E-state index in [1.807, 2.05) is 11.4 Å². The van der Waals surface area contributed by atoms with Gasteiger partial charge in [0.1, 0.15) is 16.4 Å². The summed E-state index contributed by atoms with van der Waals surface area (Å²) in [6.45, 7) is 0. The van der Waals surface area contributed by atoms with E-state index in [-0.39, 0.29) is 5.75 Å². The Morgan fingerprint density at radius 1 is 1.21 bits per heavy atom. The third-order valence-corrected chi connectivity index (χ3v) is 3.48. The Morgan fingerprint density at radius 3 is 2.74 bits per heavy atom. The molecule has 0 spiro atoms. The molecule has 6 heteroatoms. The van der Waals surface area contributed by atoms with Crippen LogP contribution < -0.4 is 4.74 Å². The summed E-state index contributed by atoms with van der Waals surface area (Å²) in [4.78, 5) is 5.14. The number of phenols is 1. The van der Waals surface area contributed by atoms with Crippen LogP contribution in [0.5, 0.6) is 11.5 Å². The van der Waals surface area contributed by atoms with Gasteiger partial charge in [0.2, 0.25) is 5.82 Å². The van der Waals surface area contributed by atoms with E-state index < -0.39 is 0 Å². The highest BCUT2D eigenvalue weighted by Gasteiger charge is 2.15. The van der Waals surface area contributed by atoms with Gasteiger partial charge in [0.25, 0.3) is 5.89 Å². The lowest BCUT2D eigenvalue weighted by Gasteiger charge is -1.96. The van der Waals surface area contributed by atoms with Crippen molar-refractivity contribution in [1.29, 1.82) is 0 Å². The zero-order valence-corrected chi connectivity index (χ0v) is 10.8. The zero-order valence-electron chi connectivity index (χ0n) is 10.0. The second-order valence-corrected chi connectivity index (χ2v) is 4.70. The zero-order chi connectivity index (χ0) is 13.2. The number of phenolic OH excluding ortho intramolecular Hbond substituents is 1. The van der Waals surface area contributed by atoms with Crippen LogP contribution in [0.3, 0.4) is 0 Å². The largest absolute Gasteiger partial charge is 0.508 e. The van der Waals surface area contributed by atoms with Crippen molar-refractivity contribution in [1.82, 2.24) is 10.1 Å². The number of rotatable bonds is 3. The summed E-state index contributed by atoms with van der Waals surface area (Å²) in [6.07, 6.45) is 0. The van der Waals surface area contributed by atoms with E-state index in [0.717, 1.165) is 10.4 Å². The molecule has 1 N–H and O–H groups in total. The molecule has 2 aromatic heterocycles. The van der Waals surface area contributed by atoms with Crippen molar-refractivity contribution in [2.75, 3.05) is 7.11 Å².